The molecule has 9 nitrogen and oxygen atoms in total. The molecule has 44 heavy (non-hydrogen) atoms. The fourth-order valence-corrected chi connectivity index (χ4v) is 5.36. The molecule has 1 aromatic heterocycles. The zero-order valence-electron chi connectivity index (χ0n) is 24.7. The van der Waals surface area contributed by atoms with Gasteiger partial charge in [-0.05, 0) is 63.5 Å². The van der Waals surface area contributed by atoms with Crippen LogP contribution in [0.2, 0.25) is 0 Å². The maximum Gasteiger partial charge on any atom is 0.410 e. The molecule has 1 fully saturated rings. The number of piperidine rings is 1. The van der Waals surface area contributed by atoms with Crippen molar-refractivity contribution < 1.29 is 40.2 Å². The molecule has 1 aliphatic carbocycles. The smallest absolute Gasteiger partial charge is 0.410 e. The van der Waals surface area contributed by atoms with Crippen molar-refractivity contribution in [2.45, 2.75) is 64.1 Å². The quantitative estimate of drug-likeness (QED) is 0.267. The molecular weight excluding hydrogens is 604 g/mol. The number of rotatable bonds is 6. The first-order valence-corrected chi connectivity index (χ1v) is 14.9. The molecule has 0 saturated carbocycles. The number of halogens is 4. The molecule has 2 atom stereocenters. The van der Waals surface area contributed by atoms with Crippen molar-refractivity contribution in [1.29, 1.82) is 0 Å². The van der Waals surface area contributed by atoms with Crippen molar-refractivity contribution in [3.8, 4) is 11.8 Å². The molecule has 1 saturated heterocycles. The van der Waals surface area contributed by atoms with Crippen LogP contribution in [0.3, 0.4) is 0 Å². The molecular formula is C30H34F4N4O5S. The van der Waals surface area contributed by atoms with E-state index in [0.29, 0.717) is 22.5 Å². The highest BCUT2D eigenvalue weighted by Crippen LogP contribution is 2.32. The lowest BCUT2D eigenvalue weighted by molar-refractivity contribution is -0.140. The van der Waals surface area contributed by atoms with E-state index in [0.717, 1.165) is 4.57 Å². The summed E-state index contributed by atoms with van der Waals surface area (Å²) in [6.07, 6.45) is -3.26. The highest BCUT2D eigenvalue weighted by Gasteiger charge is 2.34. The van der Waals surface area contributed by atoms with Crippen LogP contribution >= 0.6 is 0 Å². The molecule has 2 aromatic rings. The number of ether oxygens (including phenoxy) is 2. The minimum Gasteiger partial charge on any atom is -0.499 e. The predicted molar refractivity (Wildman–Crippen MR) is 159 cm³/mol. The number of nitrogens with one attached hydrogen (secondary N) is 2. The first kappa shape index (κ1) is 32.8. The van der Waals surface area contributed by atoms with Gasteiger partial charge in [0.15, 0.2) is 0 Å². The second kappa shape index (κ2) is 13.3. The Balaban J connectivity index is 1.54. The number of methoxy groups -OCH3 is 1. The summed E-state index contributed by atoms with van der Waals surface area (Å²) in [5.74, 6) is 6.01. The van der Waals surface area contributed by atoms with Gasteiger partial charge < -0.3 is 29.6 Å². The number of carbonyl (C=O) groups is 1. The molecule has 238 valence electrons. The molecule has 1 amide bonds. The number of carbonyl (C=O) groups excluding carboxylic acids is 1. The van der Waals surface area contributed by atoms with Gasteiger partial charge in [0, 0.05) is 24.0 Å². The summed E-state index contributed by atoms with van der Waals surface area (Å²) in [5, 5.41) is 6.59. The van der Waals surface area contributed by atoms with Gasteiger partial charge in [0.25, 0.3) is 0 Å². The summed E-state index contributed by atoms with van der Waals surface area (Å²) < 4.78 is 90.2. The fourth-order valence-electron chi connectivity index (χ4n) is 4.93. The van der Waals surface area contributed by atoms with Gasteiger partial charge >= 0.3 is 12.3 Å². The van der Waals surface area contributed by atoms with Crippen LogP contribution in [-0.4, -0.2) is 79.6 Å². The Morgan fingerprint density at radius 3 is 2.57 bits per heavy atom. The van der Waals surface area contributed by atoms with Crippen molar-refractivity contribution in [1.82, 2.24) is 14.8 Å². The highest BCUT2D eigenvalue weighted by atomic mass is 32.2. The number of likely N-dealkylation sites (tertiary alicyclic amines) is 1. The number of nitrogens with zero attached hydrogens (tertiary/aromatic N) is 2. The van der Waals surface area contributed by atoms with Gasteiger partial charge in [0.05, 0.1) is 48.0 Å². The monoisotopic (exact) mass is 638 g/mol. The van der Waals surface area contributed by atoms with Crippen LogP contribution in [0.4, 0.5) is 28.0 Å². The van der Waals surface area contributed by atoms with Crippen LogP contribution in [0.25, 0.3) is 10.9 Å². The van der Waals surface area contributed by atoms with Gasteiger partial charge in [-0.15, -0.1) is 0 Å². The van der Waals surface area contributed by atoms with Crippen molar-refractivity contribution >= 4 is 37.8 Å². The third-order valence-electron chi connectivity index (χ3n) is 6.93. The molecule has 2 aliphatic rings. The van der Waals surface area contributed by atoms with Crippen molar-refractivity contribution in [2.24, 2.45) is 0 Å². The maximum absolute atomic E-state index is 15.2. The second-order valence-electron chi connectivity index (χ2n) is 11.4. The lowest BCUT2D eigenvalue weighted by Gasteiger charge is -2.36. The third kappa shape index (κ3) is 8.28. The largest absolute Gasteiger partial charge is 0.499 e. The van der Waals surface area contributed by atoms with E-state index in [4.69, 9.17) is 9.47 Å². The van der Waals surface area contributed by atoms with E-state index in [2.05, 4.69) is 22.5 Å². The molecule has 0 spiro atoms. The van der Waals surface area contributed by atoms with Gasteiger partial charge in [0.1, 0.15) is 24.1 Å². The number of aromatic nitrogens is 1. The average Bonchev–Trinajstić information content (AvgIpc) is 3.27. The van der Waals surface area contributed by atoms with Gasteiger partial charge in [-0.3, -0.25) is 0 Å². The standard InChI is InChI=1S/C30H34F4N4O5S/c1-29(2,3)43-28(39)37-14-12-24(22(31)17-37)36-23-8-5-9-26-21(23)15-19(38(26)18-30(32,33)34)7-6-13-35-25-11-10-20(44(40)41)16-27(25)42-4/h5,8-11,15,22,24,35-36H,12-14,16-18H2,1-4H3/t22-,24+/m1/s1. The highest BCUT2D eigenvalue weighted by molar-refractivity contribution is 7.73. The molecule has 1 aliphatic heterocycles. The van der Waals surface area contributed by atoms with Crippen LogP contribution in [0, 0.1) is 11.8 Å². The summed E-state index contributed by atoms with van der Waals surface area (Å²) in [4.78, 5) is 13.9. The van der Waals surface area contributed by atoms with Gasteiger partial charge in [0.2, 0.25) is 10.3 Å². The normalized spacial score (nSPS) is 19.0. The van der Waals surface area contributed by atoms with Gasteiger partial charge in [-0.1, -0.05) is 12.0 Å². The first-order chi connectivity index (χ1) is 20.6. The molecule has 0 bridgehead atoms. The van der Waals surface area contributed by atoms with E-state index in [1.54, 1.807) is 39.0 Å². The van der Waals surface area contributed by atoms with E-state index < -0.39 is 46.9 Å². The van der Waals surface area contributed by atoms with Crippen LogP contribution < -0.4 is 10.6 Å². The minimum atomic E-state index is -4.52. The van der Waals surface area contributed by atoms with E-state index in [-0.39, 0.29) is 48.6 Å². The molecule has 0 radical (unpaired) electrons. The molecule has 4 rings (SSSR count). The molecule has 2 heterocycles. The summed E-state index contributed by atoms with van der Waals surface area (Å²) in [7, 11) is -0.979. The van der Waals surface area contributed by atoms with E-state index in [1.165, 1.54) is 30.2 Å². The van der Waals surface area contributed by atoms with Gasteiger partial charge in [-0.2, -0.15) is 21.6 Å². The number of alkyl halides is 4. The van der Waals surface area contributed by atoms with Crippen molar-refractivity contribution in [2.75, 3.05) is 32.1 Å². The summed E-state index contributed by atoms with van der Waals surface area (Å²) in [6, 6.07) is 5.66. The lowest BCUT2D eigenvalue weighted by Crippen LogP contribution is -2.51. The van der Waals surface area contributed by atoms with Crippen molar-refractivity contribution in [3.63, 3.8) is 0 Å². The summed E-state index contributed by atoms with van der Waals surface area (Å²) >= 11 is 0. The third-order valence-corrected chi connectivity index (χ3v) is 7.64. The zero-order valence-corrected chi connectivity index (χ0v) is 25.5. The Bertz CT molecular complexity index is 1670. The number of hydrogen-bond acceptors (Lipinski definition) is 7. The fraction of sp³-hybridized carbons (Fsp3) is 0.467. The lowest BCUT2D eigenvalue weighted by atomic mass is 10.0. The van der Waals surface area contributed by atoms with Crippen LogP contribution in [0.1, 0.15) is 39.3 Å². The van der Waals surface area contributed by atoms with Crippen LogP contribution in [0.15, 0.2) is 47.9 Å². The van der Waals surface area contributed by atoms with Crippen LogP contribution in [0.5, 0.6) is 0 Å². The number of hydrogen-bond donors (Lipinski definition) is 2. The zero-order chi connectivity index (χ0) is 32.2. The predicted octanol–water partition coefficient (Wildman–Crippen LogP) is 4.77. The Hall–Kier alpha value is -4.12. The summed E-state index contributed by atoms with van der Waals surface area (Å²) in [6.45, 7) is 4.03. The average molecular weight is 639 g/mol. The molecule has 14 heteroatoms. The number of amides is 1. The maximum atomic E-state index is 15.2. The first-order valence-electron chi connectivity index (χ1n) is 13.9. The van der Waals surface area contributed by atoms with Crippen molar-refractivity contribution in [3.05, 3.63) is 53.6 Å². The number of anilines is 1. The minimum absolute atomic E-state index is 0.0424. The Kier molecular flexibility index (Phi) is 9.88. The number of benzene rings is 1. The van der Waals surface area contributed by atoms with E-state index >= 15 is 4.39 Å². The number of allylic oxidation sites excluding steroid dienone is 3. The Labute approximate surface area is 254 Å². The van der Waals surface area contributed by atoms with E-state index in [9.17, 15) is 26.4 Å². The molecule has 0 unspecified atom stereocenters. The Morgan fingerprint density at radius 1 is 1.18 bits per heavy atom. The topological polar surface area (TPSA) is 102 Å². The van der Waals surface area contributed by atoms with Crippen LogP contribution in [-0.2, 0) is 26.3 Å². The summed E-state index contributed by atoms with van der Waals surface area (Å²) in [5.41, 5.74) is 0.640. The van der Waals surface area contributed by atoms with Gasteiger partial charge in [-0.25, -0.2) is 9.18 Å². The number of fused-ring (bicyclic) bond motifs is 1. The van der Waals surface area contributed by atoms with E-state index in [1.807, 2.05) is 0 Å². The molecule has 2 N–H and O–H groups in total. The molecule has 1 aromatic carbocycles. The SMILES string of the molecule is COC1=C(NCC#Cc2cc3c(N[C@H]4CCN(C(=O)OC(C)(C)C)C[C@H]4F)cccc3n2CC(F)(F)F)C=CC(=S(=O)=O)C1. The second-order valence-corrected chi connectivity index (χ2v) is 12.4. The Morgan fingerprint density at radius 2 is 1.93 bits per heavy atom.